The third-order valence-corrected chi connectivity index (χ3v) is 4.62. The number of aromatic nitrogens is 2. The molecule has 1 amide bonds. The summed E-state index contributed by atoms with van der Waals surface area (Å²) in [6.07, 6.45) is 3.33. The number of fused-ring (bicyclic) bond motifs is 1. The van der Waals surface area contributed by atoms with Crippen molar-refractivity contribution in [1.29, 1.82) is 0 Å². The molecule has 1 N–H and O–H groups in total. The highest BCUT2D eigenvalue weighted by Crippen LogP contribution is 2.26. The lowest BCUT2D eigenvalue weighted by atomic mass is 10.1. The first kappa shape index (κ1) is 17.3. The van der Waals surface area contributed by atoms with E-state index in [-0.39, 0.29) is 18.2 Å². The van der Waals surface area contributed by atoms with Gasteiger partial charge in [-0.2, -0.15) is 5.10 Å². The van der Waals surface area contributed by atoms with Crippen molar-refractivity contribution in [3.8, 4) is 11.4 Å². The Morgan fingerprint density at radius 1 is 1.19 bits per heavy atom. The van der Waals surface area contributed by atoms with Crippen molar-refractivity contribution in [3.63, 3.8) is 0 Å². The minimum atomic E-state index is -0.412. The van der Waals surface area contributed by atoms with Gasteiger partial charge in [-0.05, 0) is 61.6 Å². The fourth-order valence-electron chi connectivity index (χ4n) is 3.36. The molecular weight excluding hydrogens is 345 g/mol. The highest BCUT2D eigenvalue weighted by atomic mass is 19.1. The molecule has 0 saturated carbocycles. The van der Waals surface area contributed by atoms with Crippen LogP contribution >= 0.6 is 0 Å². The minimum Gasteiger partial charge on any atom is -0.484 e. The third-order valence-electron chi connectivity index (χ3n) is 4.62. The number of nitrogens with one attached hydrogen (secondary N) is 1. The summed E-state index contributed by atoms with van der Waals surface area (Å²) in [5.41, 5.74) is 3.60. The Labute approximate surface area is 156 Å². The van der Waals surface area contributed by atoms with Crippen LogP contribution in [0.5, 0.6) is 5.75 Å². The molecule has 3 aromatic rings. The van der Waals surface area contributed by atoms with E-state index in [0.29, 0.717) is 17.3 Å². The highest BCUT2D eigenvalue weighted by Gasteiger charge is 2.15. The lowest BCUT2D eigenvalue weighted by Gasteiger charge is -2.11. The second-order valence-corrected chi connectivity index (χ2v) is 6.66. The van der Waals surface area contributed by atoms with Crippen molar-refractivity contribution in [2.24, 2.45) is 0 Å². The van der Waals surface area contributed by atoms with Crippen LogP contribution < -0.4 is 10.1 Å². The molecule has 0 spiro atoms. The number of carbonyl (C=O) groups is 1. The van der Waals surface area contributed by atoms with E-state index in [1.807, 2.05) is 12.1 Å². The number of amides is 1. The van der Waals surface area contributed by atoms with Gasteiger partial charge in [0, 0.05) is 6.07 Å². The lowest BCUT2D eigenvalue weighted by Crippen LogP contribution is -2.22. The number of benzene rings is 2. The maximum Gasteiger partial charge on any atom is 0.263 e. The molecule has 1 aliphatic rings. The Morgan fingerprint density at radius 3 is 2.85 bits per heavy atom. The van der Waals surface area contributed by atoms with Crippen molar-refractivity contribution in [1.82, 2.24) is 9.78 Å². The van der Waals surface area contributed by atoms with Gasteiger partial charge in [0.2, 0.25) is 0 Å². The van der Waals surface area contributed by atoms with E-state index < -0.39 is 5.82 Å². The maximum atomic E-state index is 14.1. The molecular formula is C21H20FN3O2. The molecule has 0 radical (unpaired) electrons. The molecule has 0 unspecified atom stereocenters. The number of hydrogen-bond donors (Lipinski definition) is 1. The van der Waals surface area contributed by atoms with Gasteiger partial charge in [0.1, 0.15) is 23.1 Å². The predicted molar refractivity (Wildman–Crippen MR) is 101 cm³/mol. The van der Waals surface area contributed by atoms with Crippen molar-refractivity contribution >= 4 is 11.7 Å². The Morgan fingerprint density at radius 2 is 2.00 bits per heavy atom. The zero-order valence-electron chi connectivity index (χ0n) is 15.0. The fourth-order valence-corrected chi connectivity index (χ4v) is 3.36. The minimum absolute atomic E-state index is 0.125. The highest BCUT2D eigenvalue weighted by molar-refractivity contribution is 5.91. The van der Waals surface area contributed by atoms with E-state index in [9.17, 15) is 9.18 Å². The first-order valence-electron chi connectivity index (χ1n) is 8.96. The summed E-state index contributed by atoms with van der Waals surface area (Å²) in [4.78, 5) is 12.3. The summed E-state index contributed by atoms with van der Waals surface area (Å²) in [6.45, 7) is 1.66. The van der Waals surface area contributed by atoms with Gasteiger partial charge in [-0.1, -0.05) is 18.2 Å². The van der Waals surface area contributed by atoms with E-state index in [1.54, 1.807) is 31.2 Å². The number of rotatable bonds is 5. The Bertz CT molecular complexity index is 997. The van der Waals surface area contributed by atoms with Crippen molar-refractivity contribution in [2.75, 3.05) is 11.9 Å². The second kappa shape index (κ2) is 7.23. The number of ether oxygens (including phenoxy) is 1. The molecule has 4 rings (SSSR count). The zero-order valence-corrected chi connectivity index (χ0v) is 15.0. The van der Waals surface area contributed by atoms with Gasteiger partial charge in [0.05, 0.1) is 5.69 Å². The molecule has 0 bridgehead atoms. The summed E-state index contributed by atoms with van der Waals surface area (Å²) >= 11 is 0. The molecule has 6 heteroatoms. The van der Waals surface area contributed by atoms with E-state index in [0.717, 1.165) is 12.8 Å². The summed E-state index contributed by atoms with van der Waals surface area (Å²) in [5, 5.41) is 7.02. The number of aryl methyl sites for hydroxylation is 3. The van der Waals surface area contributed by atoms with E-state index in [1.165, 1.54) is 28.3 Å². The van der Waals surface area contributed by atoms with E-state index >= 15 is 0 Å². The van der Waals surface area contributed by atoms with Crippen LogP contribution in [0.1, 0.15) is 23.2 Å². The number of hydrogen-bond acceptors (Lipinski definition) is 3. The van der Waals surface area contributed by atoms with Gasteiger partial charge in [-0.3, -0.25) is 4.79 Å². The molecule has 0 atom stereocenters. The average molecular weight is 365 g/mol. The van der Waals surface area contributed by atoms with E-state index in [2.05, 4.69) is 16.5 Å². The monoisotopic (exact) mass is 365 g/mol. The smallest absolute Gasteiger partial charge is 0.263 e. The first-order valence-corrected chi connectivity index (χ1v) is 8.96. The van der Waals surface area contributed by atoms with Gasteiger partial charge in [-0.25, -0.2) is 9.07 Å². The van der Waals surface area contributed by atoms with Crippen LogP contribution in [0, 0.1) is 12.7 Å². The Hall–Kier alpha value is -3.15. The molecule has 5 nitrogen and oxygen atoms in total. The topological polar surface area (TPSA) is 56.1 Å². The summed E-state index contributed by atoms with van der Waals surface area (Å²) in [5.74, 6) is 0.350. The van der Waals surface area contributed by atoms with Gasteiger partial charge in [0.25, 0.3) is 5.91 Å². The first-order chi connectivity index (χ1) is 13.1. The summed E-state index contributed by atoms with van der Waals surface area (Å²) < 4.78 is 21.1. The van der Waals surface area contributed by atoms with Crippen molar-refractivity contribution < 1.29 is 13.9 Å². The van der Waals surface area contributed by atoms with Gasteiger partial charge in [0.15, 0.2) is 6.61 Å². The predicted octanol–water partition coefficient (Wildman–Crippen LogP) is 3.83. The molecule has 2 aromatic carbocycles. The van der Waals surface area contributed by atoms with Crippen LogP contribution in [0.3, 0.4) is 0 Å². The SMILES string of the molecule is Cc1cc(NC(=O)COc2ccc3c(c2)CCC3)n(-c2ccccc2F)n1. The molecule has 1 heterocycles. The average Bonchev–Trinajstić information content (AvgIpc) is 3.26. The standard InChI is InChI=1S/C21H20FN3O2/c1-14-11-20(25(24-14)19-8-3-2-7-18(19)22)23-21(26)13-27-17-10-9-15-5-4-6-16(15)12-17/h2-3,7-12H,4-6,13H2,1H3,(H,23,26). The molecule has 138 valence electrons. The lowest BCUT2D eigenvalue weighted by molar-refractivity contribution is -0.118. The second-order valence-electron chi connectivity index (χ2n) is 6.66. The maximum absolute atomic E-state index is 14.1. The zero-order chi connectivity index (χ0) is 18.8. The van der Waals surface area contributed by atoms with Gasteiger partial charge in [-0.15, -0.1) is 0 Å². The van der Waals surface area contributed by atoms with Crippen LogP contribution in [0.25, 0.3) is 5.69 Å². The number of anilines is 1. The number of halogens is 1. The van der Waals surface area contributed by atoms with Crippen LogP contribution in [-0.2, 0) is 17.6 Å². The van der Waals surface area contributed by atoms with Gasteiger partial charge < -0.3 is 10.1 Å². The summed E-state index contributed by atoms with van der Waals surface area (Å²) in [7, 11) is 0. The normalized spacial score (nSPS) is 12.7. The molecule has 1 aromatic heterocycles. The molecule has 27 heavy (non-hydrogen) atoms. The van der Waals surface area contributed by atoms with Crippen molar-refractivity contribution in [2.45, 2.75) is 26.2 Å². The number of para-hydroxylation sites is 1. The number of nitrogens with zero attached hydrogens (tertiary/aromatic N) is 2. The van der Waals surface area contributed by atoms with Crippen LogP contribution in [-0.4, -0.2) is 22.3 Å². The van der Waals surface area contributed by atoms with Crippen LogP contribution in [0.2, 0.25) is 0 Å². The number of carbonyl (C=O) groups excluding carboxylic acids is 1. The molecule has 0 fully saturated rings. The molecule has 0 saturated heterocycles. The Balaban J connectivity index is 1.45. The fraction of sp³-hybridized carbons (Fsp3) is 0.238. The van der Waals surface area contributed by atoms with Crippen LogP contribution in [0.15, 0.2) is 48.5 Å². The van der Waals surface area contributed by atoms with Gasteiger partial charge >= 0.3 is 0 Å². The molecule has 0 aliphatic heterocycles. The third kappa shape index (κ3) is 3.69. The van der Waals surface area contributed by atoms with E-state index in [4.69, 9.17) is 4.74 Å². The van der Waals surface area contributed by atoms with Crippen LogP contribution in [0.4, 0.5) is 10.2 Å². The van der Waals surface area contributed by atoms with Crippen molar-refractivity contribution in [3.05, 3.63) is 71.2 Å². The largest absolute Gasteiger partial charge is 0.484 e. The Kier molecular flexibility index (Phi) is 4.62. The summed E-state index contributed by atoms with van der Waals surface area (Å²) in [6, 6.07) is 13.9. The molecule has 1 aliphatic carbocycles. The quantitative estimate of drug-likeness (QED) is 0.748.